The number of benzene rings is 2. The minimum Gasteiger partial charge on any atom is -0.347 e. The Balaban J connectivity index is 1.47. The van der Waals surface area contributed by atoms with Crippen molar-refractivity contribution in [3.63, 3.8) is 0 Å². The zero-order valence-electron chi connectivity index (χ0n) is 15.2. The average molecular weight is 396 g/mol. The summed E-state index contributed by atoms with van der Waals surface area (Å²) in [5, 5.41) is 8.31. The number of aromatic nitrogens is 2. The van der Waals surface area contributed by atoms with Crippen molar-refractivity contribution in [2.45, 2.75) is 37.6 Å². The summed E-state index contributed by atoms with van der Waals surface area (Å²) in [5.41, 5.74) is 4.56. The van der Waals surface area contributed by atoms with E-state index in [0.29, 0.717) is 29.1 Å². The lowest BCUT2D eigenvalue weighted by Gasteiger charge is -2.14. The summed E-state index contributed by atoms with van der Waals surface area (Å²) in [6.07, 6.45) is 3.36. The quantitative estimate of drug-likeness (QED) is 0.678. The van der Waals surface area contributed by atoms with E-state index in [4.69, 9.17) is 16.7 Å². The van der Waals surface area contributed by atoms with Crippen LogP contribution in [0, 0.1) is 5.82 Å². The smallest absolute Gasteiger partial charge is 0.272 e. The van der Waals surface area contributed by atoms with Crippen LogP contribution in [0.1, 0.15) is 58.4 Å². The van der Waals surface area contributed by atoms with Gasteiger partial charge in [0, 0.05) is 23.0 Å². The van der Waals surface area contributed by atoms with Crippen molar-refractivity contribution in [2.75, 3.05) is 0 Å². The second-order valence-corrected chi connectivity index (χ2v) is 7.99. The number of nitrogens with zero attached hydrogens (tertiary/aromatic N) is 2. The number of halogens is 2. The first-order valence-corrected chi connectivity index (χ1v) is 9.89. The van der Waals surface area contributed by atoms with Crippen molar-refractivity contribution >= 4 is 17.5 Å². The number of carbonyl (C=O) groups is 1. The van der Waals surface area contributed by atoms with Crippen molar-refractivity contribution in [3.8, 4) is 5.69 Å². The average Bonchev–Trinajstić information content (AvgIpc) is 3.41. The fourth-order valence-corrected chi connectivity index (χ4v) is 4.67. The molecule has 1 aromatic heterocycles. The molecule has 2 aliphatic carbocycles. The summed E-state index contributed by atoms with van der Waals surface area (Å²) in [6, 6.07) is 13.7. The van der Waals surface area contributed by atoms with E-state index in [1.54, 1.807) is 12.1 Å². The third kappa shape index (κ3) is 2.90. The molecule has 2 atom stereocenters. The molecule has 0 saturated heterocycles. The first-order chi connectivity index (χ1) is 13.6. The predicted octanol–water partition coefficient (Wildman–Crippen LogP) is 4.96. The molecule has 1 heterocycles. The normalized spacial score (nSPS) is 19.6. The predicted molar refractivity (Wildman–Crippen MR) is 105 cm³/mol. The van der Waals surface area contributed by atoms with Crippen LogP contribution in [-0.4, -0.2) is 15.7 Å². The Bertz CT molecular complexity index is 1040. The van der Waals surface area contributed by atoms with Crippen LogP contribution in [0.3, 0.4) is 0 Å². The van der Waals surface area contributed by atoms with Crippen LogP contribution >= 0.6 is 11.6 Å². The van der Waals surface area contributed by atoms with Gasteiger partial charge in [-0.15, -0.1) is 0 Å². The van der Waals surface area contributed by atoms with Crippen LogP contribution in [0.5, 0.6) is 0 Å². The molecular formula is C22H19ClFN3O. The zero-order valence-corrected chi connectivity index (χ0v) is 15.9. The number of hydrogen-bond donors (Lipinski definition) is 1. The molecule has 3 aromatic rings. The Morgan fingerprint density at radius 1 is 1.11 bits per heavy atom. The summed E-state index contributed by atoms with van der Waals surface area (Å²) in [5.74, 6) is 0.404. The monoisotopic (exact) mass is 395 g/mol. The van der Waals surface area contributed by atoms with Crippen LogP contribution in [0.2, 0.25) is 5.02 Å². The van der Waals surface area contributed by atoms with Gasteiger partial charge in [0.2, 0.25) is 0 Å². The highest BCUT2D eigenvalue weighted by molar-refractivity contribution is 6.30. The molecule has 1 amide bonds. The number of hydrogen-bond acceptors (Lipinski definition) is 2. The molecule has 0 radical (unpaired) electrons. The fraction of sp³-hybridized carbons (Fsp3) is 0.273. The van der Waals surface area contributed by atoms with E-state index in [0.717, 1.165) is 36.1 Å². The van der Waals surface area contributed by atoms with E-state index >= 15 is 0 Å². The largest absolute Gasteiger partial charge is 0.347 e. The lowest BCUT2D eigenvalue weighted by Crippen LogP contribution is -2.24. The maximum atomic E-state index is 13.1. The molecule has 5 rings (SSSR count). The van der Waals surface area contributed by atoms with Gasteiger partial charge in [0.05, 0.1) is 11.4 Å². The standard InChI is InChI=1S/C22H19ClFN3O/c23-16-5-9-18(10-6-16)27-21-15-4-3-14(11-15)19(21)20(26-27)22(28)25-12-13-1-7-17(24)8-2-13/h1-2,5-10,14-15H,3-4,11-12H2,(H,25,28)/t14-,15-/m0/s1. The van der Waals surface area contributed by atoms with Gasteiger partial charge in [0.1, 0.15) is 5.82 Å². The number of rotatable bonds is 4. The zero-order chi connectivity index (χ0) is 19.3. The molecule has 2 aliphatic rings. The fourth-order valence-electron chi connectivity index (χ4n) is 4.55. The minimum atomic E-state index is -0.286. The minimum absolute atomic E-state index is 0.180. The van der Waals surface area contributed by atoms with Crippen LogP contribution in [-0.2, 0) is 6.54 Å². The number of carbonyl (C=O) groups excluding carboxylic acids is 1. The second-order valence-electron chi connectivity index (χ2n) is 7.55. The lowest BCUT2D eigenvalue weighted by atomic mass is 9.95. The Labute approximate surface area is 167 Å². The van der Waals surface area contributed by atoms with Crippen molar-refractivity contribution in [1.82, 2.24) is 15.1 Å². The Kier molecular flexibility index (Phi) is 4.20. The van der Waals surface area contributed by atoms with E-state index in [2.05, 4.69) is 5.32 Å². The molecule has 1 fully saturated rings. The summed E-state index contributed by atoms with van der Waals surface area (Å²) < 4.78 is 15.0. The van der Waals surface area contributed by atoms with Gasteiger partial charge in [-0.2, -0.15) is 5.10 Å². The summed E-state index contributed by atoms with van der Waals surface area (Å²) in [7, 11) is 0. The number of nitrogens with one attached hydrogen (secondary N) is 1. The van der Waals surface area contributed by atoms with Crippen molar-refractivity contribution in [1.29, 1.82) is 0 Å². The van der Waals surface area contributed by atoms with Crippen LogP contribution in [0.25, 0.3) is 5.69 Å². The molecule has 28 heavy (non-hydrogen) atoms. The highest BCUT2D eigenvalue weighted by Crippen LogP contribution is 2.54. The summed E-state index contributed by atoms with van der Waals surface area (Å²) >= 11 is 6.03. The van der Waals surface area contributed by atoms with Gasteiger partial charge in [0.15, 0.2) is 5.69 Å². The van der Waals surface area contributed by atoms with Crippen LogP contribution in [0.15, 0.2) is 48.5 Å². The molecule has 2 bridgehead atoms. The summed E-state index contributed by atoms with van der Waals surface area (Å²) in [6.45, 7) is 0.343. The molecular weight excluding hydrogens is 377 g/mol. The third-order valence-corrected chi connectivity index (χ3v) is 6.09. The van der Waals surface area contributed by atoms with Crippen molar-refractivity contribution in [2.24, 2.45) is 0 Å². The topological polar surface area (TPSA) is 46.9 Å². The molecule has 2 aromatic carbocycles. The maximum Gasteiger partial charge on any atom is 0.272 e. The molecule has 6 heteroatoms. The Morgan fingerprint density at radius 3 is 2.57 bits per heavy atom. The van der Waals surface area contributed by atoms with Crippen LogP contribution in [0.4, 0.5) is 4.39 Å². The number of fused-ring (bicyclic) bond motifs is 5. The summed E-state index contributed by atoms with van der Waals surface area (Å²) in [4.78, 5) is 12.9. The highest BCUT2D eigenvalue weighted by atomic mass is 35.5. The van der Waals surface area contributed by atoms with E-state index in [1.165, 1.54) is 17.8 Å². The van der Waals surface area contributed by atoms with E-state index < -0.39 is 0 Å². The third-order valence-electron chi connectivity index (χ3n) is 5.84. The Morgan fingerprint density at radius 2 is 1.82 bits per heavy atom. The second kappa shape index (κ2) is 6.74. The van der Waals surface area contributed by atoms with Crippen LogP contribution < -0.4 is 5.32 Å². The molecule has 142 valence electrons. The molecule has 0 unspecified atom stereocenters. The first-order valence-electron chi connectivity index (χ1n) is 9.51. The van der Waals surface area contributed by atoms with Crippen molar-refractivity contribution in [3.05, 3.63) is 81.9 Å². The van der Waals surface area contributed by atoms with Gasteiger partial charge < -0.3 is 5.32 Å². The maximum absolute atomic E-state index is 13.1. The first kappa shape index (κ1) is 17.4. The van der Waals surface area contributed by atoms with Gasteiger partial charge in [-0.3, -0.25) is 4.79 Å². The highest BCUT2D eigenvalue weighted by Gasteiger charge is 2.44. The van der Waals surface area contributed by atoms with Gasteiger partial charge in [-0.25, -0.2) is 9.07 Å². The van der Waals surface area contributed by atoms with E-state index in [-0.39, 0.29) is 11.7 Å². The molecule has 1 N–H and O–H groups in total. The lowest BCUT2D eigenvalue weighted by molar-refractivity contribution is 0.0944. The molecule has 4 nitrogen and oxygen atoms in total. The van der Waals surface area contributed by atoms with Gasteiger partial charge >= 0.3 is 0 Å². The van der Waals surface area contributed by atoms with Gasteiger partial charge in [-0.05, 0) is 67.1 Å². The number of amides is 1. The van der Waals surface area contributed by atoms with Gasteiger partial charge in [-0.1, -0.05) is 23.7 Å². The molecule has 1 saturated carbocycles. The van der Waals surface area contributed by atoms with Crippen molar-refractivity contribution < 1.29 is 9.18 Å². The Hall–Kier alpha value is -2.66. The van der Waals surface area contributed by atoms with Gasteiger partial charge in [0.25, 0.3) is 5.91 Å². The molecule has 0 spiro atoms. The molecule has 0 aliphatic heterocycles. The SMILES string of the molecule is O=C(NCc1ccc(F)cc1)c1nn(-c2ccc(Cl)cc2)c2c1[C@H]1CC[C@H]2C1. The van der Waals surface area contributed by atoms with E-state index in [1.807, 2.05) is 28.9 Å². The van der Waals surface area contributed by atoms with E-state index in [9.17, 15) is 9.18 Å².